The average molecular weight is 320 g/mol. The van der Waals surface area contributed by atoms with E-state index in [1.54, 1.807) is 0 Å². The fraction of sp³-hybridized carbons (Fsp3) is 0.571. The molecule has 0 aliphatic heterocycles. The molecule has 1 N–H and O–H groups in total. The topological polar surface area (TPSA) is 12.0 Å². The first-order valence-electron chi connectivity index (χ1n) is 6.18. The van der Waals surface area contributed by atoms with Gasteiger partial charge in [0.15, 0.2) is 0 Å². The normalized spacial score (nSPS) is 11.9. The summed E-state index contributed by atoms with van der Waals surface area (Å²) in [6, 6.07) is 2.70. The van der Waals surface area contributed by atoms with Gasteiger partial charge in [0, 0.05) is 11.1 Å². The first-order valence-corrected chi connectivity index (χ1v) is 6.98. The molecule has 1 aromatic carbocycles. The molecule has 18 heavy (non-hydrogen) atoms. The van der Waals surface area contributed by atoms with E-state index in [1.165, 1.54) is 12.1 Å². The lowest BCUT2D eigenvalue weighted by Gasteiger charge is -2.20. The van der Waals surface area contributed by atoms with Gasteiger partial charge in [-0.15, -0.1) is 0 Å². The van der Waals surface area contributed by atoms with E-state index in [2.05, 4.69) is 42.0 Å². The molecule has 0 radical (unpaired) electrons. The van der Waals surface area contributed by atoms with E-state index in [1.807, 2.05) is 0 Å². The minimum atomic E-state index is -0.473. The molecule has 0 aliphatic carbocycles. The number of hydrogen-bond donors (Lipinski definition) is 1. The molecule has 0 aliphatic rings. The first-order chi connectivity index (χ1) is 8.31. The van der Waals surface area contributed by atoms with E-state index in [-0.39, 0.29) is 11.1 Å². The van der Waals surface area contributed by atoms with Crippen molar-refractivity contribution in [3.63, 3.8) is 0 Å². The molecule has 0 fully saturated rings. The second kappa shape index (κ2) is 6.62. The van der Waals surface area contributed by atoms with Gasteiger partial charge < -0.3 is 5.32 Å². The lowest BCUT2D eigenvalue weighted by atomic mass is 10.1. The third kappa shape index (κ3) is 5.02. The third-order valence-electron chi connectivity index (χ3n) is 2.65. The van der Waals surface area contributed by atoms with Gasteiger partial charge >= 0.3 is 0 Å². The van der Waals surface area contributed by atoms with Crippen LogP contribution in [-0.2, 0) is 6.42 Å². The van der Waals surface area contributed by atoms with Crippen molar-refractivity contribution in [1.29, 1.82) is 0 Å². The fourth-order valence-corrected chi connectivity index (χ4v) is 2.06. The van der Waals surface area contributed by atoms with Crippen molar-refractivity contribution >= 4 is 15.9 Å². The minimum absolute atomic E-state index is 0.0896. The highest BCUT2D eigenvalue weighted by atomic mass is 79.9. The van der Waals surface area contributed by atoms with E-state index < -0.39 is 11.6 Å². The highest BCUT2D eigenvalue weighted by Gasteiger charge is 2.12. The van der Waals surface area contributed by atoms with Crippen LogP contribution >= 0.6 is 15.9 Å². The molecule has 1 aromatic rings. The zero-order valence-electron chi connectivity index (χ0n) is 11.1. The summed E-state index contributed by atoms with van der Waals surface area (Å²) >= 11 is 3.07. The van der Waals surface area contributed by atoms with Crippen molar-refractivity contribution in [3.05, 3.63) is 33.8 Å². The molecular formula is C14H20BrF2N. The maximum Gasteiger partial charge on any atom is 0.143 e. The second-order valence-electron chi connectivity index (χ2n) is 5.46. The molecule has 0 bridgehead atoms. The highest BCUT2D eigenvalue weighted by Crippen LogP contribution is 2.22. The molecule has 0 spiro atoms. The average Bonchev–Trinajstić information content (AvgIpc) is 2.26. The van der Waals surface area contributed by atoms with Crippen LogP contribution in [0.4, 0.5) is 8.78 Å². The maximum atomic E-state index is 13.7. The van der Waals surface area contributed by atoms with Crippen molar-refractivity contribution in [2.75, 3.05) is 6.54 Å². The Morgan fingerprint density at radius 2 is 1.83 bits per heavy atom. The molecule has 0 aromatic heterocycles. The van der Waals surface area contributed by atoms with Crippen LogP contribution in [0.15, 0.2) is 16.6 Å². The summed E-state index contributed by atoms with van der Waals surface area (Å²) in [7, 11) is 0. The molecule has 0 saturated heterocycles. The number of halogens is 3. The Hall–Kier alpha value is -0.480. The van der Waals surface area contributed by atoms with Gasteiger partial charge in [-0.05, 0) is 74.6 Å². The Kier molecular flexibility index (Phi) is 5.73. The Balaban J connectivity index is 2.43. The molecule has 1 nitrogen and oxygen atoms in total. The van der Waals surface area contributed by atoms with Gasteiger partial charge in [0.05, 0.1) is 4.47 Å². The molecule has 4 heteroatoms. The van der Waals surface area contributed by atoms with Gasteiger partial charge in [-0.2, -0.15) is 0 Å². The zero-order chi connectivity index (χ0) is 13.8. The summed E-state index contributed by atoms with van der Waals surface area (Å²) in [5.41, 5.74) is 0.270. The van der Waals surface area contributed by atoms with Gasteiger partial charge in [-0.25, -0.2) is 8.78 Å². The molecule has 0 unspecified atom stereocenters. The van der Waals surface area contributed by atoms with Crippen molar-refractivity contribution in [3.8, 4) is 0 Å². The highest BCUT2D eigenvalue weighted by molar-refractivity contribution is 9.10. The number of rotatable bonds is 5. The molecule has 0 atom stereocenters. The van der Waals surface area contributed by atoms with Crippen LogP contribution in [0, 0.1) is 11.6 Å². The van der Waals surface area contributed by atoms with Crippen LogP contribution in [0.3, 0.4) is 0 Å². The smallest absolute Gasteiger partial charge is 0.143 e. The predicted octanol–water partition coefficient (Wildman–Crippen LogP) is 4.44. The maximum absolute atomic E-state index is 13.7. The minimum Gasteiger partial charge on any atom is -0.312 e. The number of unbranched alkanes of at least 4 members (excludes halogenated alkanes) is 1. The molecule has 1 rings (SSSR count). The van der Waals surface area contributed by atoms with Crippen molar-refractivity contribution < 1.29 is 8.78 Å². The summed E-state index contributed by atoms with van der Waals surface area (Å²) in [5, 5.41) is 3.35. The van der Waals surface area contributed by atoms with Gasteiger partial charge in [0.2, 0.25) is 0 Å². The van der Waals surface area contributed by atoms with Crippen LogP contribution in [0.1, 0.15) is 39.2 Å². The SMILES string of the molecule is CC(C)(C)NCCCCc1c(F)ccc(Br)c1F. The zero-order valence-corrected chi connectivity index (χ0v) is 12.7. The molecule has 102 valence electrons. The second-order valence-corrected chi connectivity index (χ2v) is 6.31. The molecule has 0 amide bonds. The molecular weight excluding hydrogens is 300 g/mol. The van der Waals surface area contributed by atoms with E-state index in [0.717, 1.165) is 19.4 Å². The van der Waals surface area contributed by atoms with Gasteiger partial charge in [-0.1, -0.05) is 0 Å². The van der Waals surface area contributed by atoms with Gasteiger partial charge in [0.25, 0.3) is 0 Å². The number of hydrogen-bond acceptors (Lipinski definition) is 1. The van der Waals surface area contributed by atoms with E-state index in [0.29, 0.717) is 10.9 Å². The Morgan fingerprint density at radius 1 is 1.17 bits per heavy atom. The summed E-state index contributed by atoms with van der Waals surface area (Å²) in [5.74, 6) is -0.932. The number of nitrogens with one attached hydrogen (secondary N) is 1. The summed E-state index contributed by atoms with van der Waals surface area (Å²) in [6.07, 6.45) is 2.11. The lowest BCUT2D eigenvalue weighted by Crippen LogP contribution is -2.36. The molecule has 0 saturated carbocycles. The number of benzene rings is 1. The van der Waals surface area contributed by atoms with Crippen LogP contribution in [-0.4, -0.2) is 12.1 Å². The van der Waals surface area contributed by atoms with Crippen molar-refractivity contribution in [2.24, 2.45) is 0 Å². The third-order valence-corrected chi connectivity index (χ3v) is 3.26. The standard InChI is InChI=1S/C14H20BrF2N/c1-14(2,3)18-9-5-4-6-10-12(16)8-7-11(15)13(10)17/h7-8,18H,4-6,9H2,1-3H3. The summed E-state index contributed by atoms with van der Waals surface area (Å²) in [6.45, 7) is 7.16. The summed E-state index contributed by atoms with van der Waals surface area (Å²) < 4.78 is 27.4. The lowest BCUT2D eigenvalue weighted by molar-refractivity contribution is 0.417. The Bertz CT molecular complexity index is 400. The van der Waals surface area contributed by atoms with E-state index >= 15 is 0 Å². The Labute approximate surface area is 116 Å². The molecule has 0 heterocycles. The van der Waals surface area contributed by atoms with Crippen LogP contribution in [0.25, 0.3) is 0 Å². The largest absolute Gasteiger partial charge is 0.312 e. The van der Waals surface area contributed by atoms with Gasteiger partial charge in [-0.3, -0.25) is 0 Å². The fourth-order valence-electron chi connectivity index (χ4n) is 1.69. The van der Waals surface area contributed by atoms with Crippen LogP contribution < -0.4 is 5.32 Å². The van der Waals surface area contributed by atoms with Crippen LogP contribution in [0.5, 0.6) is 0 Å². The van der Waals surface area contributed by atoms with Gasteiger partial charge in [0.1, 0.15) is 11.6 Å². The van der Waals surface area contributed by atoms with E-state index in [4.69, 9.17) is 0 Å². The Morgan fingerprint density at radius 3 is 2.44 bits per heavy atom. The van der Waals surface area contributed by atoms with Crippen LogP contribution in [0.2, 0.25) is 0 Å². The predicted molar refractivity (Wildman–Crippen MR) is 74.8 cm³/mol. The first kappa shape index (κ1) is 15.6. The van der Waals surface area contributed by atoms with Crippen molar-refractivity contribution in [1.82, 2.24) is 5.32 Å². The van der Waals surface area contributed by atoms with E-state index in [9.17, 15) is 8.78 Å². The monoisotopic (exact) mass is 319 g/mol. The summed E-state index contributed by atoms with van der Waals surface area (Å²) in [4.78, 5) is 0. The van der Waals surface area contributed by atoms with Crippen molar-refractivity contribution in [2.45, 2.75) is 45.6 Å². The quantitative estimate of drug-likeness (QED) is 0.625.